The SMILES string of the molecule is Fc1ccccc1N1CCC2(CCNC2)C1. The lowest BCUT2D eigenvalue weighted by Crippen LogP contribution is -2.29. The highest BCUT2D eigenvalue weighted by atomic mass is 19.1. The van der Waals surface area contributed by atoms with Crippen LogP contribution in [0.4, 0.5) is 10.1 Å². The van der Waals surface area contributed by atoms with Gasteiger partial charge in [0, 0.05) is 25.0 Å². The van der Waals surface area contributed by atoms with Crippen LogP contribution in [0.15, 0.2) is 24.3 Å². The fraction of sp³-hybridized carbons (Fsp3) is 0.538. The maximum Gasteiger partial charge on any atom is 0.146 e. The predicted molar refractivity (Wildman–Crippen MR) is 63.1 cm³/mol. The van der Waals surface area contributed by atoms with Gasteiger partial charge in [0.15, 0.2) is 0 Å². The zero-order chi connectivity index (χ0) is 11.0. The molecule has 0 amide bonds. The largest absolute Gasteiger partial charge is 0.369 e. The Bertz CT molecular complexity index is 385. The minimum absolute atomic E-state index is 0.0921. The molecule has 3 rings (SSSR count). The lowest BCUT2D eigenvalue weighted by Gasteiger charge is -2.24. The van der Waals surface area contributed by atoms with E-state index in [-0.39, 0.29) is 5.82 Å². The van der Waals surface area contributed by atoms with E-state index in [9.17, 15) is 4.39 Å². The number of nitrogens with zero attached hydrogens (tertiary/aromatic N) is 1. The van der Waals surface area contributed by atoms with Gasteiger partial charge < -0.3 is 10.2 Å². The first-order chi connectivity index (χ1) is 7.79. The van der Waals surface area contributed by atoms with Crippen molar-refractivity contribution in [3.05, 3.63) is 30.1 Å². The van der Waals surface area contributed by atoms with E-state index in [1.807, 2.05) is 12.1 Å². The summed E-state index contributed by atoms with van der Waals surface area (Å²) >= 11 is 0. The van der Waals surface area contributed by atoms with Gasteiger partial charge in [0.2, 0.25) is 0 Å². The molecule has 2 fully saturated rings. The Morgan fingerprint density at radius 3 is 2.88 bits per heavy atom. The van der Waals surface area contributed by atoms with E-state index >= 15 is 0 Å². The van der Waals surface area contributed by atoms with Gasteiger partial charge in [0.1, 0.15) is 5.82 Å². The summed E-state index contributed by atoms with van der Waals surface area (Å²) in [4.78, 5) is 2.20. The molecule has 0 bridgehead atoms. The molecule has 1 unspecified atom stereocenters. The molecule has 16 heavy (non-hydrogen) atoms. The third-order valence-corrected chi connectivity index (χ3v) is 3.96. The summed E-state index contributed by atoms with van der Waals surface area (Å²) in [5.74, 6) is -0.0921. The second kappa shape index (κ2) is 3.74. The van der Waals surface area contributed by atoms with E-state index in [0.717, 1.165) is 31.9 Å². The van der Waals surface area contributed by atoms with Crippen molar-refractivity contribution in [2.45, 2.75) is 12.8 Å². The van der Waals surface area contributed by atoms with Gasteiger partial charge in [-0.1, -0.05) is 12.1 Å². The van der Waals surface area contributed by atoms with E-state index in [2.05, 4.69) is 10.2 Å². The number of benzene rings is 1. The summed E-state index contributed by atoms with van der Waals surface area (Å²) in [5, 5.41) is 3.42. The van der Waals surface area contributed by atoms with Crippen molar-refractivity contribution in [1.82, 2.24) is 5.32 Å². The molecular formula is C13H17FN2. The predicted octanol–water partition coefficient (Wildman–Crippen LogP) is 2.02. The van der Waals surface area contributed by atoms with Gasteiger partial charge >= 0.3 is 0 Å². The highest BCUT2D eigenvalue weighted by molar-refractivity contribution is 5.49. The van der Waals surface area contributed by atoms with Crippen molar-refractivity contribution in [3.63, 3.8) is 0 Å². The van der Waals surface area contributed by atoms with Gasteiger partial charge in [0.25, 0.3) is 0 Å². The Hall–Kier alpha value is -1.09. The number of hydrogen-bond acceptors (Lipinski definition) is 2. The summed E-state index contributed by atoms with van der Waals surface area (Å²) < 4.78 is 13.7. The Morgan fingerprint density at radius 2 is 2.12 bits per heavy atom. The maximum atomic E-state index is 13.7. The van der Waals surface area contributed by atoms with Crippen molar-refractivity contribution in [2.75, 3.05) is 31.1 Å². The highest BCUT2D eigenvalue weighted by Gasteiger charge is 2.40. The molecule has 1 spiro atoms. The molecule has 0 saturated carbocycles. The number of rotatable bonds is 1. The molecule has 2 saturated heterocycles. The van der Waals surface area contributed by atoms with Crippen LogP contribution >= 0.6 is 0 Å². The first-order valence-electron chi connectivity index (χ1n) is 5.99. The smallest absolute Gasteiger partial charge is 0.146 e. The number of hydrogen-bond donors (Lipinski definition) is 1. The monoisotopic (exact) mass is 220 g/mol. The molecule has 86 valence electrons. The van der Waals surface area contributed by atoms with Crippen molar-refractivity contribution in [1.29, 1.82) is 0 Å². The van der Waals surface area contributed by atoms with Crippen LogP contribution in [0.1, 0.15) is 12.8 Å². The van der Waals surface area contributed by atoms with Gasteiger partial charge in [-0.25, -0.2) is 4.39 Å². The first-order valence-corrected chi connectivity index (χ1v) is 5.99. The molecule has 1 aromatic rings. The number of anilines is 1. The number of para-hydroxylation sites is 1. The van der Waals surface area contributed by atoms with Gasteiger partial charge in [-0.15, -0.1) is 0 Å². The molecule has 1 atom stereocenters. The molecule has 2 aliphatic heterocycles. The molecule has 2 nitrogen and oxygen atoms in total. The fourth-order valence-electron chi connectivity index (χ4n) is 2.99. The van der Waals surface area contributed by atoms with Crippen molar-refractivity contribution >= 4 is 5.69 Å². The summed E-state index contributed by atoms with van der Waals surface area (Å²) in [7, 11) is 0. The Kier molecular flexibility index (Phi) is 2.36. The van der Waals surface area contributed by atoms with Crippen LogP contribution in [0.25, 0.3) is 0 Å². The van der Waals surface area contributed by atoms with E-state index in [1.165, 1.54) is 12.8 Å². The van der Waals surface area contributed by atoms with Crippen LogP contribution in [0.5, 0.6) is 0 Å². The van der Waals surface area contributed by atoms with Crippen molar-refractivity contribution in [2.24, 2.45) is 5.41 Å². The topological polar surface area (TPSA) is 15.3 Å². The summed E-state index contributed by atoms with van der Waals surface area (Å²) in [6, 6.07) is 7.10. The maximum absolute atomic E-state index is 13.7. The van der Waals surface area contributed by atoms with Crippen LogP contribution in [0, 0.1) is 11.2 Å². The molecule has 1 N–H and O–H groups in total. The van der Waals surface area contributed by atoms with Crippen LogP contribution in [0.2, 0.25) is 0 Å². The van der Waals surface area contributed by atoms with E-state index in [0.29, 0.717) is 5.41 Å². The van der Waals surface area contributed by atoms with Crippen molar-refractivity contribution in [3.8, 4) is 0 Å². The lowest BCUT2D eigenvalue weighted by molar-refractivity contribution is 0.369. The van der Waals surface area contributed by atoms with Crippen LogP contribution in [0.3, 0.4) is 0 Å². The fourth-order valence-corrected chi connectivity index (χ4v) is 2.99. The van der Waals surface area contributed by atoms with E-state index < -0.39 is 0 Å². The number of halogens is 1. The minimum atomic E-state index is -0.0921. The molecule has 2 aliphatic rings. The molecule has 3 heteroatoms. The second-order valence-corrected chi connectivity index (χ2v) is 5.05. The average molecular weight is 220 g/mol. The standard InChI is InChI=1S/C13H17FN2/c14-11-3-1-2-4-12(11)16-8-6-13(10-16)5-7-15-9-13/h1-4,15H,5-10H2. The molecular weight excluding hydrogens is 203 g/mol. The van der Waals surface area contributed by atoms with Gasteiger partial charge in [-0.3, -0.25) is 0 Å². The lowest BCUT2D eigenvalue weighted by atomic mass is 9.86. The van der Waals surface area contributed by atoms with Gasteiger partial charge in [-0.2, -0.15) is 0 Å². The average Bonchev–Trinajstić information content (AvgIpc) is 2.91. The molecule has 0 aromatic heterocycles. The van der Waals surface area contributed by atoms with Crippen LogP contribution < -0.4 is 10.2 Å². The number of nitrogens with one attached hydrogen (secondary N) is 1. The molecule has 0 aliphatic carbocycles. The zero-order valence-electron chi connectivity index (χ0n) is 9.38. The van der Waals surface area contributed by atoms with Gasteiger partial charge in [0.05, 0.1) is 5.69 Å². The minimum Gasteiger partial charge on any atom is -0.369 e. The Balaban J connectivity index is 1.81. The normalized spacial score (nSPS) is 29.2. The third kappa shape index (κ3) is 1.59. The highest BCUT2D eigenvalue weighted by Crippen LogP contribution is 2.38. The Morgan fingerprint density at radius 1 is 1.25 bits per heavy atom. The quantitative estimate of drug-likeness (QED) is 0.779. The van der Waals surface area contributed by atoms with Gasteiger partial charge in [-0.05, 0) is 31.5 Å². The van der Waals surface area contributed by atoms with Crippen molar-refractivity contribution < 1.29 is 4.39 Å². The second-order valence-electron chi connectivity index (χ2n) is 5.05. The van der Waals surface area contributed by atoms with E-state index in [4.69, 9.17) is 0 Å². The molecule has 0 radical (unpaired) electrons. The molecule has 1 aromatic carbocycles. The molecule has 2 heterocycles. The van der Waals surface area contributed by atoms with Crippen LogP contribution in [-0.4, -0.2) is 26.2 Å². The summed E-state index contributed by atoms with van der Waals surface area (Å²) in [6.07, 6.45) is 2.42. The third-order valence-electron chi connectivity index (χ3n) is 3.96. The van der Waals surface area contributed by atoms with E-state index in [1.54, 1.807) is 12.1 Å². The Labute approximate surface area is 95.4 Å². The first kappa shape index (κ1) is 10.1. The summed E-state index contributed by atoms with van der Waals surface area (Å²) in [6.45, 7) is 4.20. The van der Waals surface area contributed by atoms with Crippen LogP contribution in [-0.2, 0) is 0 Å². The zero-order valence-corrected chi connectivity index (χ0v) is 9.38. The summed E-state index contributed by atoms with van der Waals surface area (Å²) in [5.41, 5.74) is 1.17.